The lowest BCUT2D eigenvalue weighted by atomic mass is 10.1. The molecule has 28 heavy (non-hydrogen) atoms. The SMILES string of the molecule is COc1ccc(OC)c(CC(=O)Nc2ccc(-c3cn4ccsc4n3)cc2)c1. The lowest BCUT2D eigenvalue weighted by Crippen LogP contribution is -2.15. The van der Waals surface area contributed by atoms with Crippen LogP contribution in [-0.4, -0.2) is 29.5 Å². The Labute approximate surface area is 166 Å². The molecule has 2 aromatic heterocycles. The van der Waals surface area contributed by atoms with E-state index in [0.717, 1.165) is 27.5 Å². The van der Waals surface area contributed by atoms with E-state index in [1.807, 2.05) is 52.5 Å². The van der Waals surface area contributed by atoms with Crippen LogP contribution in [0.1, 0.15) is 5.56 Å². The number of aromatic nitrogens is 2. The molecular formula is C21H19N3O3S. The van der Waals surface area contributed by atoms with Crippen LogP contribution in [0.2, 0.25) is 0 Å². The highest BCUT2D eigenvalue weighted by Gasteiger charge is 2.11. The minimum Gasteiger partial charge on any atom is -0.497 e. The molecular weight excluding hydrogens is 374 g/mol. The van der Waals surface area contributed by atoms with Crippen molar-refractivity contribution in [2.45, 2.75) is 6.42 Å². The van der Waals surface area contributed by atoms with Crippen molar-refractivity contribution in [2.24, 2.45) is 0 Å². The number of imidazole rings is 1. The molecule has 0 unspecified atom stereocenters. The first kappa shape index (κ1) is 18.1. The van der Waals surface area contributed by atoms with E-state index in [0.29, 0.717) is 11.5 Å². The van der Waals surface area contributed by atoms with Crippen molar-refractivity contribution in [3.8, 4) is 22.8 Å². The van der Waals surface area contributed by atoms with Gasteiger partial charge in [-0.1, -0.05) is 12.1 Å². The highest BCUT2D eigenvalue weighted by Crippen LogP contribution is 2.26. The first-order valence-corrected chi connectivity index (χ1v) is 9.57. The topological polar surface area (TPSA) is 64.9 Å². The molecule has 0 aliphatic carbocycles. The van der Waals surface area contributed by atoms with Crippen molar-refractivity contribution in [1.82, 2.24) is 9.38 Å². The summed E-state index contributed by atoms with van der Waals surface area (Å²) in [6.45, 7) is 0. The molecule has 1 amide bonds. The third-order valence-electron chi connectivity index (χ3n) is 4.40. The number of fused-ring (bicyclic) bond motifs is 1. The second-order valence-electron chi connectivity index (χ2n) is 6.20. The first-order chi connectivity index (χ1) is 13.7. The van der Waals surface area contributed by atoms with Crippen LogP contribution in [0, 0.1) is 0 Å². The lowest BCUT2D eigenvalue weighted by Gasteiger charge is -2.11. The molecule has 2 heterocycles. The van der Waals surface area contributed by atoms with E-state index in [1.54, 1.807) is 37.7 Å². The van der Waals surface area contributed by atoms with Crippen molar-refractivity contribution in [2.75, 3.05) is 19.5 Å². The number of ether oxygens (including phenoxy) is 2. The van der Waals surface area contributed by atoms with Crippen LogP contribution in [0.4, 0.5) is 5.69 Å². The Kier molecular flexibility index (Phi) is 4.99. The van der Waals surface area contributed by atoms with Gasteiger partial charge in [0, 0.05) is 34.6 Å². The number of hydrogen-bond donors (Lipinski definition) is 1. The Morgan fingerprint density at radius 3 is 2.68 bits per heavy atom. The lowest BCUT2D eigenvalue weighted by molar-refractivity contribution is -0.115. The number of anilines is 1. The van der Waals surface area contributed by atoms with Crippen LogP contribution < -0.4 is 14.8 Å². The molecule has 0 saturated carbocycles. The third kappa shape index (κ3) is 3.70. The van der Waals surface area contributed by atoms with Crippen molar-refractivity contribution in [3.63, 3.8) is 0 Å². The zero-order valence-corrected chi connectivity index (χ0v) is 16.3. The van der Waals surface area contributed by atoms with Gasteiger partial charge in [0.15, 0.2) is 4.96 Å². The maximum atomic E-state index is 12.5. The van der Waals surface area contributed by atoms with Gasteiger partial charge in [-0.3, -0.25) is 9.20 Å². The maximum absolute atomic E-state index is 12.5. The van der Waals surface area contributed by atoms with Gasteiger partial charge >= 0.3 is 0 Å². The van der Waals surface area contributed by atoms with Crippen LogP contribution >= 0.6 is 11.3 Å². The van der Waals surface area contributed by atoms with E-state index in [9.17, 15) is 4.79 Å². The molecule has 6 nitrogen and oxygen atoms in total. The van der Waals surface area contributed by atoms with E-state index >= 15 is 0 Å². The molecule has 7 heteroatoms. The Morgan fingerprint density at radius 2 is 1.96 bits per heavy atom. The van der Waals surface area contributed by atoms with E-state index in [1.165, 1.54) is 0 Å². The number of amides is 1. The fraction of sp³-hybridized carbons (Fsp3) is 0.143. The summed E-state index contributed by atoms with van der Waals surface area (Å²) in [5.41, 5.74) is 3.42. The maximum Gasteiger partial charge on any atom is 0.228 e. The van der Waals surface area contributed by atoms with E-state index < -0.39 is 0 Å². The molecule has 4 aromatic rings. The molecule has 0 fully saturated rings. The second kappa shape index (κ2) is 7.74. The van der Waals surface area contributed by atoms with Gasteiger partial charge in [-0.15, -0.1) is 11.3 Å². The standard InChI is InChI=1S/C21H19N3O3S/c1-26-17-7-8-19(27-2)15(11-17)12-20(25)22-16-5-3-14(4-6-16)18-13-24-9-10-28-21(24)23-18/h3-11,13H,12H2,1-2H3,(H,22,25). The molecule has 1 N–H and O–H groups in total. The van der Waals surface area contributed by atoms with Crippen LogP contribution in [0.25, 0.3) is 16.2 Å². The fourth-order valence-corrected chi connectivity index (χ4v) is 3.69. The van der Waals surface area contributed by atoms with Crippen molar-refractivity contribution < 1.29 is 14.3 Å². The Balaban J connectivity index is 1.45. The Bertz CT molecular complexity index is 1090. The van der Waals surface area contributed by atoms with Crippen molar-refractivity contribution >= 4 is 27.9 Å². The minimum atomic E-state index is -0.123. The number of hydrogen-bond acceptors (Lipinski definition) is 5. The minimum absolute atomic E-state index is 0.123. The van der Waals surface area contributed by atoms with E-state index in [-0.39, 0.29) is 12.3 Å². The largest absolute Gasteiger partial charge is 0.497 e. The molecule has 0 spiro atoms. The summed E-state index contributed by atoms with van der Waals surface area (Å²) >= 11 is 1.60. The van der Waals surface area contributed by atoms with E-state index in [4.69, 9.17) is 9.47 Å². The van der Waals surface area contributed by atoms with Crippen LogP contribution in [-0.2, 0) is 11.2 Å². The zero-order chi connectivity index (χ0) is 19.5. The van der Waals surface area contributed by atoms with Crippen molar-refractivity contribution in [3.05, 3.63) is 65.8 Å². The molecule has 0 aliphatic rings. The van der Waals surface area contributed by atoms with E-state index in [2.05, 4.69) is 10.3 Å². The molecule has 0 radical (unpaired) electrons. The monoisotopic (exact) mass is 393 g/mol. The van der Waals surface area contributed by atoms with Gasteiger partial charge in [-0.25, -0.2) is 4.98 Å². The molecule has 0 atom stereocenters. The van der Waals surface area contributed by atoms with Crippen molar-refractivity contribution in [1.29, 1.82) is 0 Å². The molecule has 142 valence electrons. The predicted molar refractivity (Wildman–Crippen MR) is 110 cm³/mol. The molecule has 0 saturated heterocycles. The number of thiazole rings is 1. The number of nitrogens with one attached hydrogen (secondary N) is 1. The number of carbonyl (C=O) groups excluding carboxylic acids is 1. The van der Waals surface area contributed by atoms with Gasteiger partial charge in [0.2, 0.25) is 5.91 Å². The summed E-state index contributed by atoms with van der Waals surface area (Å²) in [4.78, 5) is 18.0. The van der Waals surface area contributed by atoms with Gasteiger partial charge in [0.1, 0.15) is 11.5 Å². The number of rotatable bonds is 6. The number of methoxy groups -OCH3 is 2. The summed E-state index contributed by atoms with van der Waals surface area (Å²) in [5, 5.41) is 4.92. The van der Waals surface area contributed by atoms with Crippen LogP contribution in [0.3, 0.4) is 0 Å². The summed E-state index contributed by atoms with van der Waals surface area (Å²) < 4.78 is 12.6. The highest BCUT2D eigenvalue weighted by molar-refractivity contribution is 7.15. The van der Waals surface area contributed by atoms with Gasteiger partial charge in [0.25, 0.3) is 0 Å². The van der Waals surface area contributed by atoms with Gasteiger partial charge in [-0.05, 0) is 30.3 Å². The van der Waals surface area contributed by atoms with Crippen LogP contribution in [0.5, 0.6) is 11.5 Å². The summed E-state index contributed by atoms with van der Waals surface area (Å²) in [5.74, 6) is 1.22. The summed E-state index contributed by atoms with van der Waals surface area (Å²) in [7, 11) is 3.18. The Hall–Kier alpha value is -3.32. The van der Waals surface area contributed by atoms with Gasteiger partial charge in [0.05, 0.1) is 26.3 Å². The molecule has 2 aromatic carbocycles. The van der Waals surface area contributed by atoms with Gasteiger partial charge in [-0.2, -0.15) is 0 Å². The predicted octanol–water partition coefficient (Wildman–Crippen LogP) is 4.26. The molecule has 0 bridgehead atoms. The smallest absolute Gasteiger partial charge is 0.228 e. The highest BCUT2D eigenvalue weighted by atomic mass is 32.1. The Morgan fingerprint density at radius 1 is 1.14 bits per heavy atom. The quantitative estimate of drug-likeness (QED) is 0.532. The molecule has 0 aliphatic heterocycles. The summed E-state index contributed by atoms with van der Waals surface area (Å²) in [6, 6.07) is 13.1. The normalized spacial score (nSPS) is 10.8. The third-order valence-corrected chi connectivity index (χ3v) is 5.17. The number of carbonyl (C=O) groups is 1. The average molecular weight is 393 g/mol. The van der Waals surface area contributed by atoms with Gasteiger partial charge < -0.3 is 14.8 Å². The second-order valence-corrected chi connectivity index (χ2v) is 7.07. The fourth-order valence-electron chi connectivity index (χ4n) is 2.99. The molecule has 4 rings (SSSR count). The zero-order valence-electron chi connectivity index (χ0n) is 15.5. The first-order valence-electron chi connectivity index (χ1n) is 8.69. The summed E-state index contributed by atoms with van der Waals surface area (Å²) in [6.07, 6.45) is 4.17. The average Bonchev–Trinajstić information content (AvgIpc) is 3.30. The van der Waals surface area contributed by atoms with Crippen LogP contribution in [0.15, 0.2) is 60.2 Å². The number of nitrogens with zero attached hydrogens (tertiary/aromatic N) is 2. The number of benzene rings is 2.